The lowest BCUT2D eigenvalue weighted by Crippen LogP contribution is -1.98. The molecule has 3 atom stereocenters. The van der Waals surface area contributed by atoms with Gasteiger partial charge in [-0.2, -0.15) is 0 Å². The maximum atomic E-state index is 10.4. The lowest BCUT2D eigenvalue weighted by Gasteiger charge is -2.07. The van der Waals surface area contributed by atoms with Crippen molar-refractivity contribution < 1.29 is 5.11 Å². The van der Waals surface area contributed by atoms with Crippen molar-refractivity contribution >= 4 is 43.2 Å². The smallest absolute Gasteiger partial charge is 0.0916 e. The van der Waals surface area contributed by atoms with Crippen LogP contribution in [-0.4, -0.2) is 5.11 Å². The van der Waals surface area contributed by atoms with Gasteiger partial charge in [-0.15, -0.1) is 11.3 Å². The second kappa shape index (κ2) is 5.08. The predicted octanol–water partition coefficient (Wildman–Crippen LogP) is 5.11. The summed E-state index contributed by atoms with van der Waals surface area (Å²) >= 11 is 8.55. The predicted molar refractivity (Wildman–Crippen MR) is 82.0 cm³/mol. The lowest BCUT2D eigenvalue weighted by molar-refractivity contribution is 0.155. The van der Waals surface area contributed by atoms with Crippen LogP contribution in [0.15, 0.2) is 44.7 Å². The highest BCUT2D eigenvalue weighted by molar-refractivity contribution is 9.13. The Labute approximate surface area is 127 Å². The number of thiophene rings is 1. The van der Waals surface area contributed by atoms with E-state index in [9.17, 15) is 5.11 Å². The number of benzene rings is 1. The normalized spacial score (nSPS) is 23.9. The molecule has 0 radical (unpaired) electrons. The summed E-state index contributed by atoms with van der Waals surface area (Å²) in [7, 11) is 0. The molecule has 0 aliphatic heterocycles. The van der Waals surface area contributed by atoms with E-state index >= 15 is 0 Å². The van der Waals surface area contributed by atoms with Gasteiger partial charge in [-0.1, -0.05) is 30.3 Å². The van der Waals surface area contributed by atoms with Gasteiger partial charge in [0.25, 0.3) is 0 Å². The van der Waals surface area contributed by atoms with E-state index in [2.05, 4.69) is 56.1 Å². The summed E-state index contributed by atoms with van der Waals surface area (Å²) < 4.78 is 2.08. The van der Waals surface area contributed by atoms with Gasteiger partial charge in [-0.3, -0.25) is 0 Å². The summed E-state index contributed by atoms with van der Waals surface area (Å²) in [5, 5.41) is 10.4. The fourth-order valence-electron chi connectivity index (χ4n) is 2.37. The third kappa shape index (κ3) is 2.44. The maximum absolute atomic E-state index is 10.4. The molecule has 1 aliphatic rings. The Morgan fingerprint density at radius 3 is 2.56 bits per heavy atom. The molecule has 1 N–H and O–H groups in total. The molecule has 0 spiro atoms. The van der Waals surface area contributed by atoms with Crippen LogP contribution in [-0.2, 0) is 0 Å². The minimum atomic E-state index is -0.345. The van der Waals surface area contributed by atoms with Gasteiger partial charge >= 0.3 is 0 Å². The Hall–Kier alpha value is -0.160. The average Bonchev–Trinajstić information content (AvgIpc) is 3.11. The fourth-order valence-corrected chi connectivity index (χ4v) is 4.52. The highest BCUT2D eigenvalue weighted by Gasteiger charge is 2.44. The van der Waals surface area contributed by atoms with Crippen LogP contribution in [0, 0.1) is 5.92 Å². The zero-order valence-corrected chi connectivity index (χ0v) is 13.5. The molecule has 1 fully saturated rings. The minimum Gasteiger partial charge on any atom is -0.387 e. The highest BCUT2D eigenvalue weighted by Crippen LogP contribution is 2.55. The van der Waals surface area contributed by atoms with Gasteiger partial charge < -0.3 is 5.11 Å². The number of hydrogen-bond acceptors (Lipinski definition) is 2. The summed E-state index contributed by atoms with van der Waals surface area (Å²) in [5.74, 6) is 0.880. The molecule has 3 unspecified atom stereocenters. The molecule has 1 aromatic carbocycles. The summed E-state index contributed by atoms with van der Waals surface area (Å²) in [6.45, 7) is 0. The van der Waals surface area contributed by atoms with Crippen LogP contribution < -0.4 is 0 Å². The largest absolute Gasteiger partial charge is 0.387 e. The Morgan fingerprint density at radius 2 is 1.94 bits per heavy atom. The van der Waals surface area contributed by atoms with Crippen LogP contribution in [0.3, 0.4) is 0 Å². The van der Waals surface area contributed by atoms with Crippen molar-refractivity contribution in [1.82, 2.24) is 0 Å². The zero-order valence-electron chi connectivity index (χ0n) is 9.51. The first kappa shape index (κ1) is 12.9. The lowest BCUT2D eigenvalue weighted by atomic mass is 10.1. The van der Waals surface area contributed by atoms with E-state index in [0.29, 0.717) is 11.8 Å². The highest BCUT2D eigenvalue weighted by atomic mass is 79.9. The van der Waals surface area contributed by atoms with Crippen molar-refractivity contribution in [3.63, 3.8) is 0 Å². The first-order chi connectivity index (χ1) is 8.66. The summed E-state index contributed by atoms with van der Waals surface area (Å²) in [5.41, 5.74) is 1.34. The molecule has 1 saturated carbocycles. The molecule has 3 rings (SSSR count). The van der Waals surface area contributed by atoms with Gasteiger partial charge in [0.2, 0.25) is 0 Å². The van der Waals surface area contributed by atoms with Crippen LogP contribution in [0.25, 0.3) is 0 Å². The van der Waals surface area contributed by atoms with E-state index in [4.69, 9.17) is 0 Å². The van der Waals surface area contributed by atoms with Gasteiger partial charge in [0.15, 0.2) is 0 Å². The Balaban J connectivity index is 1.75. The molecule has 1 nitrogen and oxygen atoms in total. The maximum Gasteiger partial charge on any atom is 0.0916 e. The third-order valence-electron chi connectivity index (χ3n) is 3.43. The second-order valence-corrected chi connectivity index (χ2v) is 7.89. The van der Waals surface area contributed by atoms with Crippen molar-refractivity contribution in [3.05, 3.63) is 55.1 Å². The molecule has 94 valence electrons. The van der Waals surface area contributed by atoms with Gasteiger partial charge in [0.05, 0.1) is 9.89 Å². The van der Waals surface area contributed by atoms with Crippen molar-refractivity contribution in [1.29, 1.82) is 0 Å². The van der Waals surface area contributed by atoms with Crippen LogP contribution in [0.4, 0.5) is 0 Å². The third-order valence-corrected chi connectivity index (χ3v) is 6.76. The van der Waals surface area contributed by atoms with Crippen LogP contribution >= 0.6 is 43.2 Å². The van der Waals surface area contributed by atoms with Crippen molar-refractivity contribution in [3.8, 4) is 0 Å². The number of rotatable bonds is 3. The summed E-state index contributed by atoms with van der Waals surface area (Å²) in [6.07, 6.45) is 0.737. The molecule has 0 saturated heterocycles. The Morgan fingerprint density at radius 1 is 1.22 bits per heavy atom. The van der Waals surface area contributed by atoms with Crippen molar-refractivity contribution in [2.75, 3.05) is 0 Å². The first-order valence-corrected chi connectivity index (χ1v) is 8.25. The standard InChI is InChI=1S/C14H12Br2OS/c15-11-7-12(18-14(11)16)13(17)10-6-9(10)8-4-2-1-3-5-8/h1-5,7,9-10,13,17H,6H2. The topological polar surface area (TPSA) is 20.2 Å². The van der Waals surface area contributed by atoms with Crippen LogP contribution in [0.2, 0.25) is 0 Å². The van der Waals surface area contributed by atoms with E-state index in [1.165, 1.54) is 5.56 Å². The number of hydrogen-bond donors (Lipinski definition) is 1. The monoisotopic (exact) mass is 386 g/mol. The van der Waals surface area contributed by atoms with Gasteiger partial charge in [0.1, 0.15) is 0 Å². The molecule has 0 bridgehead atoms. The van der Waals surface area contributed by atoms with E-state index in [1.54, 1.807) is 11.3 Å². The zero-order chi connectivity index (χ0) is 12.7. The summed E-state index contributed by atoms with van der Waals surface area (Å²) in [6, 6.07) is 12.5. The van der Waals surface area contributed by atoms with Gasteiger partial charge in [0, 0.05) is 9.35 Å². The Bertz CT molecular complexity index is 533. The van der Waals surface area contributed by atoms with Crippen molar-refractivity contribution in [2.45, 2.75) is 18.4 Å². The number of aliphatic hydroxyl groups excluding tert-OH is 1. The molecule has 2 aromatic rings. The summed E-state index contributed by atoms with van der Waals surface area (Å²) in [4.78, 5) is 1.04. The average molecular weight is 388 g/mol. The van der Waals surface area contributed by atoms with E-state index in [0.717, 1.165) is 19.6 Å². The number of aliphatic hydroxyl groups is 1. The van der Waals surface area contributed by atoms with Crippen molar-refractivity contribution in [2.24, 2.45) is 5.92 Å². The second-order valence-electron chi connectivity index (χ2n) is 4.63. The molecule has 1 aromatic heterocycles. The minimum absolute atomic E-state index is 0.345. The molecule has 0 amide bonds. The van der Waals surface area contributed by atoms with E-state index in [1.807, 2.05) is 12.1 Å². The van der Waals surface area contributed by atoms with Gasteiger partial charge in [-0.25, -0.2) is 0 Å². The first-order valence-electron chi connectivity index (χ1n) is 5.84. The molecular formula is C14H12Br2OS. The SMILES string of the molecule is OC(c1cc(Br)c(Br)s1)C1CC1c1ccccc1. The molecule has 18 heavy (non-hydrogen) atoms. The van der Waals surface area contributed by atoms with Gasteiger partial charge in [-0.05, 0) is 61.7 Å². The molecule has 1 aliphatic carbocycles. The quantitative estimate of drug-likeness (QED) is 0.775. The van der Waals surface area contributed by atoms with E-state index in [-0.39, 0.29) is 6.10 Å². The van der Waals surface area contributed by atoms with Crippen LogP contribution in [0.1, 0.15) is 28.9 Å². The Kier molecular flexibility index (Phi) is 3.63. The number of halogens is 2. The molecule has 4 heteroatoms. The molecular weight excluding hydrogens is 376 g/mol. The molecule has 1 heterocycles. The van der Waals surface area contributed by atoms with Crippen LogP contribution in [0.5, 0.6) is 0 Å². The van der Waals surface area contributed by atoms with E-state index < -0.39 is 0 Å². The fraction of sp³-hybridized carbons (Fsp3) is 0.286.